The molecule has 0 aromatic carbocycles. The van der Waals surface area contributed by atoms with Gasteiger partial charge in [-0.1, -0.05) is 0 Å². The zero-order chi connectivity index (χ0) is 16.5. The summed E-state index contributed by atoms with van der Waals surface area (Å²) in [5.41, 5.74) is 5.00. The molecule has 5 nitrogen and oxygen atoms in total. The smallest absolute Gasteiger partial charge is 0.264 e. The second-order valence-electron chi connectivity index (χ2n) is 5.85. The van der Waals surface area contributed by atoms with Crippen molar-refractivity contribution in [2.45, 2.75) is 19.9 Å². The first-order valence-electron chi connectivity index (χ1n) is 7.80. The molecule has 0 saturated carbocycles. The molecule has 0 aliphatic carbocycles. The second-order valence-corrected chi connectivity index (χ2v) is 6.77. The fourth-order valence-electron chi connectivity index (χ4n) is 2.97. The summed E-state index contributed by atoms with van der Waals surface area (Å²) in [4.78, 5) is 28.5. The topological polar surface area (TPSA) is 59.0 Å². The Morgan fingerprint density at radius 3 is 3.00 bits per heavy atom. The lowest BCUT2D eigenvalue weighted by molar-refractivity contribution is 0.0738. The number of nitrogens with zero attached hydrogens (tertiary/aromatic N) is 4. The minimum Gasteiger partial charge on any atom is -0.333 e. The van der Waals surface area contributed by atoms with Crippen LogP contribution in [0, 0.1) is 6.92 Å². The minimum atomic E-state index is 0.0831. The van der Waals surface area contributed by atoms with Gasteiger partial charge in [0.15, 0.2) is 0 Å². The molecular formula is C18H16N4OS. The Hall–Kier alpha value is -2.60. The van der Waals surface area contributed by atoms with Gasteiger partial charge < -0.3 is 4.90 Å². The van der Waals surface area contributed by atoms with Gasteiger partial charge in [0.1, 0.15) is 6.33 Å². The highest BCUT2D eigenvalue weighted by Crippen LogP contribution is 2.28. The molecule has 0 fully saturated rings. The van der Waals surface area contributed by atoms with E-state index < -0.39 is 0 Å². The van der Waals surface area contributed by atoms with Crippen molar-refractivity contribution in [3.63, 3.8) is 0 Å². The van der Waals surface area contributed by atoms with Crippen LogP contribution in [0.2, 0.25) is 0 Å². The molecule has 3 aromatic heterocycles. The van der Waals surface area contributed by atoms with E-state index in [0.29, 0.717) is 13.1 Å². The summed E-state index contributed by atoms with van der Waals surface area (Å²) >= 11 is 1.50. The standard InChI is InChI=1S/C18H16N4OS/c1-12-7-16(24-10-12)18(23)22-6-4-15-14(9-22)17(21-11-20-15)13-3-2-5-19-8-13/h2-3,5,7-8,10-11H,4,6,9H2,1H3. The lowest BCUT2D eigenvalue weighted by atomic mass is 10.00. The van der Waals surface area contributed by atoms with E-state index in [1.165, 1.54) is 11.3 Å². The Labute approximate surface area is 144 Å². The number of carbonyl (C=O) groups excluding carboxylic acids is 1. The number of pyridine rings is 1. The summed E-state index contributed by atoms with van der Waals surface area (Å²) in [5.74, 6) is 0.0831. The van der Waals surface area contributed by atoms with Crippen LogP contribution in [0.4, 0.5) is 0 Å². The molecule has 1 amide bonds. The molecule has 0 unspecified atom stereocenters. The van der Waals surface area contributed by atoms with E-state index in [9.17, 15) is 4.79 Å². The Morgan fingerprint density at radius 2 is 2.25 bits per heavy atom. The van der Waals surface area contributed by atoms with Crippen LogP contribution < -0.4 is 0 Å². The van der Waals surface area contributed by atoms with Gasteiger partial charge in [-0.05, 0) is 36.1 Å². The first-order valence-corrected chi connectivity index (χ1v) is 8.68. The van der Waals surface area contributed by atoms with Crippen LogP contribution in [0.1, 0.15) is 26.5 Å². The summed E-state index contributed by atoms with van der Waals surface area (Å²) in [6, 6.07) is 5.83. The van der Waals surface area contributed by atoms with Crippen LogP contribution in [0.25, 0.3) is 11.3 Å². The van der Waals surface area contributed by atoms with Crippen molar-refractivity contribution >= 4 is 17.2 Å². The average molecular weight is 336 g/mol. The molecule has 4 rings (SSSR count). The molecule has 0 N–H and O–H groups in total. The quantitative estimate of drug-likeness (QED) is 0.721. The molecule has 0 saturated heterocycles. The number of aromatic nitrogens is 3. The van der Waals surface area contributed by atoms with E-state index in [4.69, 9.17) is 0 Å². The highest BCUT2D eigenvalue weighted by Gasteiger charge is 2.26. The molecule has 1 aliphatic heterocycles. The van der Waals surface area contributed by atoms with Gasteiger partial charge in [-0.25, -0.2) is 9.97 Å². The Kier molecular flexibility index (Phi) is 3.82. The minimum absolute atomic E-state index is 0.0831. The first kappa shape index (κ1) is 15.0. The fourth-order valence-corrected chi connectivity index (χ4v) is 3.83. The number of rotatable bonds is 2. The number of thiophene rings is 1. The first-order chi connectivity index (χ1) is 11.7. The maximum atomic E-state index is 12.8. The van der Waals surface area contributed by atoms with Crippen molar-refractivity contribution in [2.24, 2.45) is 0 Å². The van der Waals surface area contributed by atoms with Gasteiger partial charge in [0.2, 0.25) is 0 Å². The van der Waals surface area contributed by atoms with Crippen LogP contribution in [-0.2, 0) is 13.0 Å². The molecular weight excluding hydrogens is 320 g/mol. The van der Waals surface area contributed by atoms with Gasteiger partial charge in [-0.2, -0.15) is 0 Å². The monoisotopic (exact) mass is 336 g/mol. The summed E-state index contributed by atoms with van der Waals surface area (Å²) in [6.45, 7) is 3.23. The molecule has 0 bridgehead atoms. The van der Waals surface area contributed by atoms with Crippen LogP contribution in [-0.4, -0.2) is 32.3 Å². The highest BCUT2D eigenvalue weighted by molar-refractivity contribution is 7.12. The van der Waals surface area contributed by atoms with E-state index in [1.807, 2.05) is 35.4 Å². The summed E-state index contributed by atoms with van der Waals surface area (Å²) < 4.78 is 0. The van der Waals surface area contributed by atoms with E-state index in [1.54, 1.807) is 18.7 Å². The predicted octanol–water partition coefficient (Wildman–Crippen LogP) is 3.11. The van der Waals surface area contributed by atoms with Crippen molar-refractivity contribution in [3.05, 3.63) is 64.0 Å². The molecule has 24 heavy (non-hydrogen) atoms. The number of hydrogen-bond donors (Lipinski definition) is 0. The zero-order valence-corrected chi connectivity index (χ0v) is 14.1. The van der Waals surface area contributed by atoms with Crippen LogP contribution in [0.15, 0.2) is 42.3 Å². The summed E-state index contributed by atoms with van der Waals surface area (Å²) in [7, 11) is 0. The molecule has 120 valence electrons. The summed E-state index contributed by atoms with van der Waals surface area (Å²) in [5, 5.41) is 2.01. The fraction of sp³-hybridized carbons (Fsp3) is 0.222. The number of carbonyl (C=O) groups is 1. The molecule has 4 heterocycles. The summed E-state index contributed by atoms with van der Waals surface area (Å²) in [6.07, 6.45) is 5.89. The third-order valence-corrected chi connectivity index (χ3v) is 5.20. The largest absolute Gasteiger partial charge is 0.333 e. The third-order valence-electron chi connectivity index (χ3n) is 4.17. The number of fused-ring (bicyclic) bond motifs is 1. The molecule has 0 spiro atoms. The maximum absolute atomic E-state index is 12.8. The Bertz CT molecular complexity index is 891. The van der Waals surface area contributed by atoms with Crippen molar-refractivity contribution < 1.29 is 4.79 Å². The van der Waals surface area contributed by atoms with Gasteiger partial charge in [0.25, 0.3) is 5.91 Å². The van der Waals surface area contributed by atoms with Gasteiger partial charge >= 0.3 is 0 Å². The van der Waals surface area contributed by atoms with Crippen LogP contribution >= 0.6 is 11.3 Å². The van der Waals surface area contributed by atoms with Gasteiger partial charge in [0.05, 0.1) is 16.3 Å². The Balaban J connectivity index is 1.68. The van der Waals surface area contributed by atoms with Crippen molar-refractivity contribution in [2.75, 3.05) is 6.54 Å². The SMILES string of the molecule is Cc1csc(C(=O)N2CCc3ncnc(-c4cccnc4)c3C2)c1. The maximum Gasteiger partial charge on any atom is 0.264 e. The van der Waals surface area contributed by atoms with Gasteiger partial charge in [-0.15, -0.1) is 11.3 Å². The number of hydrogen-bond acceptors (Lipinski definition) is 5. The lowest BCUT2D eigenvalue weighted by Crippen LogP contribution is -2.36. The normalized spacial score (nSPS) is 13.6. The molecule has 1 aliphatic rings. The molecule has 0 radical (unpaired) electrons. The molecule has 0 atom stereocenters. The van der Waals surface area contributed by atoms with Crippen molar-refractivity contribution in [1.29, 1.82) is 0 Å². The third kappa shape index (κ3) is 2.69. The van der Waals surface area contributed by atoms with E-state index in [-0.39, 0.29) is 5.91 Å². The number of amides is 1. The van der Waals surface area contributed by atoms with Gasteiger partial charge in [-0.3, -0.25) is 9.78 Å². The lowest BCUT2D eigenvalue weighted by Gasteiger charge is -2.29. The van der Waals surface area contributed by atoms with Gasteiger partial charge in [0, 0.05) is 43.0 Å². The molecule has 3 aromatic rings. The van der Waals surface area contributed by atoms with Crippen molar-refractivity contribution in [3.8, 4) is 11.3 Å². The van der Waals surface area contributed by atoms with Crippen LogP contribution in [0.5, 0.6) is 0 Å². The number of aryl methyl sites for hydroxylation is 1. The van der Waals surface area contributed by atoms with E-state index in [2.05, 4.69) is 15.0 Å². The van der Waals surface area contributed by atoms with E-state index >= 15 is 0 Å². The van der Waals surface area contributed by atoms with E-state index in [0.717, 1.165) is 39.4 Å². The average Bonchev–Trinajstić information content (AvgIpc) is 3.07. The predicted molar refractivity (Wildman–Crippen MR) is 92.8 cm³/mol. The Morgan fingerprint density at radius 1 is 1.33 bits per heavy atom. The zero-order valence-electron chi connectivity index (χ0n) is 13.3. The highest BCUT2D eigenvalue weighted by atomic mass is 32.1. The molecule has 6 heteroatoms. The van der Waals surface area contributed by atoms with Crippen molar-refractivity contribution in [1.82, 2.24) is 19.9 Å². The second kappa shape index (κ2) is 6.13. The van der Waals surface area contributed by atoms with Crippen LogP contribution in [0.3, 0.4) is 0 Å².